The molecule has 3 amide bonds. The number of urea groups is 1. The number of imide groups is 1. The number of amides is 3. The first-order valence-electron chi connectivity index (χ1n) is 3.86. The van der Waals surface area contributed by atoms with Gasteiger partial charge in [0.2, 0.25) is 0 Å². The van der Waals surface area contributed by atoms with E-state index in [2.05, 4.69) is 23.3 Å². The van der Waals surface area contributed by atoms with Crippen molar-refractivity contribution < 1.29 is 9.59 Å². The van der Waals surface area contributed by atoms with Crippen LogP contribution in [0.25, 0.3) is 0 Å². The van der Waals surface area contributed by atoms with Crippen LogP contribution in [0.15, 0.2) is 0 Å². The maximum absolute atomic E-state index is 11.2. The molecule has 0 spiro atoms. The molecular weight excluding hydrogens is 176 g/mol. The van der Waals surface area contributed by atoms with Gasteiger partial charge in [-0.25, -0.2) is 4.79 Å². The number of carbonyl (C=O) groups excluding carboxylic acids is 2. The fourth-order valence-electron chi connectivity index (χ4n) is 1.10. The molecule has 0 saturated carbocycles. The van der Waals surface area contributed by atoms with E-state index in [-0.39, 0.29) is 11.8 Å². The Balaban J connectivity index is 2.84. The molecule has 2 atom stereocenters. The molecule has 1 fully saturated rings. The Hall–Kier alpha value is -0.710. The molecule has 2 N–H and O–H groups in total. The fourth-order valence-corrected chi connectivity index (χ4v) is 1.44. The van der Waals surface area contributed by atoms with E-state index in [1.165, 1.54) is 0 Å². The minimum Gasteiger partial charge on any atom is -0.315 e. The van der Waals surface area contributed by atoms with E-state index in [0.717, 1.165) is 6.42 Å². The van der Waals surface area contributed by atoms with Gasteiger partial charge in [0.25, 0.3) is 5.91 Å². The van der Waals surface area contributed by atoms with Crippen molar-refractivity contribution in [2.45, 2.75) is 25.1 Å². The Kier molecular flexibility index (Phi) is 2.32. The molecule has 1 rings (SSSR count). The van der Waals surface area contributed by atoms with E-state index < -0.39 is 10.9 Å². The van der Waals surface area contributed by atoms with E-state index in [1.807, 2.05) is 13.8 Å². The van der Waals surface area contributed by atoms with Gasteiger partial charge < -0.3 is 5.32 Å². The van der Waals surface area contributed by atoms with Gasteiger partial charge in [-0.3, -0.25) is 10.1 Å². The van der Waals surface area contributed by atoms with Crippen molar-refractivity contribution in [1.29, 1.82) is 0 Å². The van der Waals surface area contributed by atoms with Crippen LogP contribution in [0.1, 0.15) is 20.3 Å². The van der Waals surface area contributed by atoms with Crippen molar-refractivity contribution in [3.63, 3.8) is 0 Å². The average molecular weight is 188 g/mol. The van der Waals surface area contributed by atoms with Crippen LogP contribution in [0.5, 0.6) is 0 Å². The third-order valence-corrected chi connectivity index (χ3v) is 2.96. The largest absolute Gasteiger partial charge is 0.323 e. The average Bonchev–Trinajstić information content (AvgIpc) is 2.26. The third kappa shape index (κ3) is 1.29. The van der Waals surface area contributed by atoms with Gasteiger partial charge in [-0.15, -0.1) is 12.6 Å². The van der Waals surface area contributed by atoms with Crippen molar-refractivity contribution in [2.24, 2.45) is 5.92 Å². The molecule has 12 heavy (non-hydrogen) atoms. The van der Waals surface area contributed by atoms with E-state index in [1.54, 1.807) is 0 Å². The second-order valence-electron chi connectivity index (χ2n) is 2.98. The van der Waals surface area contributed by atoms with Crippen LogP contribution in [0.2, 0.25) is 0 Å². The van der Waals surface area contributed by atoms with Crippen LogP contribution in [0.4, 0.5) is 4.79 Å². The molecule has 4 nitrogen and oxygen atoms in total. The van der Waals surface area contributed by atoms with Crippen molar-refractivity contribution in [3.8, 4) is 0 Å². The van der Waals surface area contributed by atoms with Gasteiger partial charge in [-0.2, -0.15) is 0 Å². The van der Waals surface area contributed by atoms with Gasteiger partial charge in [-0.05, 0) is 12.3 Å². The summed E-state index contributed by atoms with van der Waals surface area (Å²) in [5.74, 6) is -0.336. The summed E-state index contributed by atoms with van der Waals surface area (Å²) in [7, 11) is 0. The lowest BCUT2D eigenvalue weighted by Gasteiger charge is -2.25. The summed E-state index contributed by atoms with van der Waals surface area (Å²) in [6, 6.07) is -0.463. The van der Waals surface area contributed by atoms with Crippen LogP contribution < -0.4 is 10.6 Å². The molecule has 1 saturated heterocycles. The lowest BCUT2D eigenvalue weighted by Crippen LogP contribution is -2.46. The number of nitrogens with one attached hydrogen (secondary N) is 2. The number of carbonyl (C=O) groups is 2. The molecule has 0 aromatic rings. The summed E-state index contributed by atoms with van der Waals surface area (Å²) in [5.41, 5.74) is 0. The van der Waals surface area contributed by atoms with Gasteiger partial charge in [0.1, 0.15) is 0 Å². The zero-order valence-corrected chi connectivity index (χ0v) is 7.94. The summed E-state index contributed by atoms with van der Waals surface area (Å²) >= 11 is 4.17. The zero-order chi connectivity index (χ0) is 9.35. The van der Waals surface area contributed by atoms with Gasteiger partial charge in [-0.1, -0.05) is 13.8 Å². The predicted molar refractivity (Wildman–Crippen MR) is 47.8 cm³/mol. The first-order valence-corrected chi connectivity index (χ1v) is 4.31. The van der Waals surface area contributed by atoms with Crippen LogP contribution >= 0.6 is 12.6 Å². The third-order valence-electron chi connectivity index (χ3n) is 2.20. The topological polar surface area (TPSA) is 58.2 Å². The quantitative estimate of drug-likeness (QED) is 0.436. The molecular formula is C7H12N2O2S. The first kappa shape index (κ1) is 9.38. The fraction of sp³-hybridized carbons (Fsp3) is 0.714. The second kappa shape index (κ2) is 2.97. The highest BCUT2D eigenvalue weighted by molar-refractivity contribution is 7.82. The van der Waals surface area contributed by atoms with E-state index in [9.17, 15) is 9.59 Å². The van der Waals surface area contributed by atoms with Crippen molar-refractivity contribution in [3.05, 3.63) is 0 Å². The van der Waals surface area contributed by atoms with Gasteiger partial charge in [0.05, 0.1) is 0 Å². The normalized spacial score (nSPS) is 31.2. The molecule has 1 heterocycles. The Morgan fingerprint density at radius 2 is 2.17 bits per heavy atom. The van der Waals surface area contributed by atoms with Crippen LogP contribution in [-0.4, -0.2) is 16.8 Å². The van der Waals surface area contributed by atoms with Crippen LogP contribution in [-0.2, 0) is 4.79 Å². The Bertz CT molecular complexity index is 231. The number of thiol groups is 1. The molecule has 0 aliphatic carbocycles. The highest BCUT2D eigenvalue weighted by atomic mass is 32.1. The lowest BCUT2D eigenvalue weighted by molar-refractivity contribution is -0.122. The zero-order valence-electron chi connectivity index (χ0n) is 7.05. The van der Waals surface area contributed by atoms with Crippen molar-refractivity contribution >= 4 is 24.6 Å². The number of hydrogen-bond acceptors (Lipinski definition) is 3. The second-order valence-corrected chi connectivity index (χ2v) is 3.69. The summed E-state index contributed by atoms with van der Waals surface area (Å²) < 4.78 is 0. The van der Waals surface area contributed by atoms with Crippen molar-refractivity contribution in [2.75, 3.05) is 0 Å². The summed E-state index contributed by atoms with van der Waals surface area (Å²) in [5, 5.41) is 4.65. The maximum atomic E-state index is 11.2. The monoisotopic (exact) mass is 188 g/mol. The standard InChI is InChI=1S/C7H12N2O2S/c1-3-4(2)7(12)5(10)8-6(11)9-7/h4,12H,3H2,1-2H3,(H2,8,9,10,11). The molecule has 0 bridgehead atoms. The minimum absolute atomic E-state index is 0.0206. The molecule has 0 aromatic heterocycles. The van der Waals surface area contributed by atoms with Crippen molar-refractivity contribution in [1.82, 2.24) is 10.6 Å². The lowest BCUT2D eigenvalue weighted by atomic mass is 9.99. The molecule has 0 aromatic carbocycles. The Labute approximate surface area is 76.5 Å². The SMILES string of the molecule is CCC(C)C1(S)NC(=O)NC1=O. The summed E-state index contributed by atoms with van der Waals surface area (Å²) in [4.78, 5) is 21.0. The van der Waals surface area contributed by atoms with Gasteiger partial charge in [0.15, 0.2) is 4.87 Å². The molecule has 1 aliphatic heterocycles. The van der Waals surface area contributed by atoms with Gasteiger partial charge in [0, 0.05) is 0 Å². The molecule has 5 heteroatoms. The van der Waals surface area contributed by atoms with E-state index in [0.29, 0.717) is 0 Å². The highest BCUT2D eigenvalue weighted by Gasteiger charge is 2.46. The molecule has 68 valence electrons. The molecule has 1 aliphatic rings. The van der Waals surface area contributed by atoms with Gasteiger partial charge >= 0.3 is 6.03 Å². The Morgan fingerprint density at radius 1 is 1.58 bits per heavy atom. The van der Waals surface area contributed by atoms with E-state index >= 15 is 0 Å². The number of rotatable bonds is 2. The van der Waals surface area contributed by atoms with Crippen LogP contribution in [0, 0.1) is 5.92 Å². The Morgan fingerprint density at radius 3 is 2.50 bits per heavy atom. The maximum Gasteiger partial charge on any atom is 0.323 e. The highest BCUT2D eigenvalue weighted by Crippen LogP contribution is 2.27. The predicted octanol–water partition coefficient (Wildman–Crippen LogP) is 0.498. The first-order chi connectivity index (χ1) is 5.50. The summed E-state index contributed by atoms with van der Waals surface area (Å²) in [6.45, 7) is 3.82. The number of hydrogen-bond donors (Lipinski definition) is 3. The van der Waals surface area contributed by atoms with E-state index in [4.69, 9.17) is 0 Å². The smallest absolute Gasteiger partial charge is 0.315 e. The molecule has 2 unspecified atom stereocenters. The summed E-state index contributed by atoms with van der Waals surface area (Å²) in [6.07, 6.45) is 0.789. The minimum atomic E-state index is -1.02. The van der Waals surface area contributed by atoms with Crippen LogP contribution in [0.3, 0.4) is 0 Å². The molecule has 0 radical (unpaired) electrons.